The van der Waals surface area contributed by atoms with Gasteiger partial charge in [-0.1, -0.05) is 18.2 Å². The fourth-order valence-electron chi connectivity index (χ4n) is 2.58. The smallest absolute Gasteiger partial charge is 0.410 e. The monoisotopic (exact) mass is 373 g/mol. The highest BCUT2D eigenvalue weighted by Crippen LogP contribution is 2.21. The number of amides is 1. The molecule has 1 fully saturated rings. The molecule has 1 aliphatic heterocycles. The van der Waals surface area contributed by atoms with Crippen molar-refractivity contribution in [3.63, 3.8) is 0 Å². The predicted octanol–water partition coefficient (Wildman–Crippen LogP) is 2.25. The Morgan fingerprint density at radius 1 is 1.48 bits per heavy atom. The molecule has 142 valence electrons. The van der Waals surface area contributed by atoms with Gasteiger partial charge in [0.05, 0.1) is 18.8 Å². The standard InChI is InChI=1S/C18H20FN5O3/c1-12-16(17(20)23-11-22-12)21-8-14-9-24(6-7-26-14)18(25)27-10-13-4-2-3-5-15(13)19/h2-5,8,11,14H,6-7,9-10H2,1H3,(H2,20,22,23)/b21-8+/t14-/m1/s1. The Morgan fingerprint density at radius 2 is 2.30 bits per heavy atom. The van der Waals surface area contributed by atoms with Crippen LogP contribution in [0.1, 0.15) is 11.3 Å². The van der Waals surface area contributed by atoms with E-state index in [2.05, 4.69) is 15.0 Å². The van der Waals surface area contributed by atoms with Crippen molar-refractivity contribution in [3.05, 3.63) is 47.7 Å². The predicted molar refractivity (Wildman–Crippen MR) is 97.2 cm³/mol. The molecule has 2 N–H and O–H groups in total. The summed E-state index contributed by atoms with van der Waals surface area (Å²) in [4.78, 5) is 26.0. The van der Waals surface area contributed by atoms with Crippen LogP contribution >= 0.6 is 0 Å². The van der Waals surface area contributed by atoms with Gasteiger partial charge in [-0.3, -0.25) is 4.99 Å². The third-order valence-electron chi connectivity index (χ3n) is 4.06. The minimum absolute atomic E-state index is 0.126. The van der Waals surface area contributed by atoms with E-state index in [0.29, 0.717) is 30.1 Å². The molecular weight excluding hydrogens is 353 g/mol. The van der Waals surface area contributed by atoms with E-state index in [1.165, 1.54) is 17.3 Å². The van der Waals surface area contributed by atoms with Gasteiger partial charge in [-0.15, -0.1) is 0 Å². The molecule has 0 bridgehead atoms. The summed E-state index contributed by atoms with van der Waals surface area (Å²) in [7, 11) is 0. The van der Waals surface area contributed by atoms with Crippen molar-refractivity contribution in [2.75, 3.05) is 25.4 Å². The number of nitrogens with zero attached hydrogens (tertiary/aromatic N) is 4. The van der Waals surface area contributed by atoms with E-state index in [-0.39, 0.29) is 19.0 Å². The highest BCUT2D eigenvalue weighted by Gasteiger charge is 2.24. The lowest BCUT2D eigenvalue weighted by Crippen LogP contribution is -2.46. The van der Waals surface area contributed by atoms with Gasteiger partial charge in [-0.05, 0) is 13.0 Å². The second-order valence-corrected chi connectivity index (χ2v) is 5.97. The van der Waals surface area contributed by atoms with Crippen molar-refractivity contribution in [2.45, 2.75) is 19.6 Å². The molecule has 1 aliphatic rings. The van der Waals surface area contributed by atoms with E-state index in [0.717, 1.165) is 0 Å². The van der Waals surface area contributed by atoms with Crippen molar-refractivity contribution in [2.24, 2.45) is 4.99 Å². The van der Waals surface area contributed by atoms with Gasteiger partial charge in [-0.25, -0.2) is 19.2 Å². The van der Waals surface area contributed by atoms with Crippen molar-refractivity contribution >= 4 is 23.8 Å². The van der Waals surface area contributed by atoms with Crippen molar-refractivity contribution in [1.29, 1.82) is 0 Å². The minimum Gasteiger partial charge on any atom is -0.444 e. The van der Waals surface area contributed by atoms with Crippen LogP contribution in [-0.4, -0.2) is 53.0 Å². The Hall–Kier alpha value is -3.07. The molecule has 1 aromatic carbocycles. The maximum Gasteiger partial charge on any atom is 0.410 e. The molecule has 2 heterocycles. The molecule has 1 saturated heterocycles. The SMILES string of the molecule is Cc1ncnc(N)c1/N=C/[C@@H]1CN(C(=O)OCc2ccccc2F)CCO1. The second kappa shape index (κ2) is 8.54. The quantitative estimate of drug-likeness (QED) is 0.825. The van der Waals surface area contributed by atoms with Crippen LogP contribution in [-0.2, 0) is 16.1 Å². The molecule has 0 radical (unpaired) electrons. The molecule has 0 spiro atoms. The van der Waals surface area contributed by atoms with Crippen LogP contribution in [0, 0.1) is 12.7 Å². The number of anilines is 1. The molecule has 9 heteroatoms. The summed E-state index contributed by atoms with van der Waals surface area (Å²) < 4.78 is 24.4. The van der Waals surface area contributed by atoms with Gasteiger partial charge in [-0.2, -0.15) is 0 Å². The van der Waals surface area contributed by atoms with Crippen molar-refractivity contribution < 1.29 is 18.7 Å². The summed E-state index contributed by atoms with van der Waals surface area (Å²) in [6.45, 7) is 2.64. The first kappa shape index (κ1) is 18.7. The highest BCUT2D eigenvalue weighted by atomic mass is 19.1. The molecule has 0 aliphatic carbocycles. The summed E-state index contributed by atoms with van der Waals surface area (Å²) in [5.41, 5.74) is 7.25. The number of benzene rings is 1. The maximum atomic E-state index is 13.6. The highest BCUT2D eigenvalue weighted by molar-refractivity contribution is 5.74. The fraction of sp³-hybridized carbons (Fsp3) is 0.333. The van der Waals surface area contributed by atoms with Gasteiger partial charge in [0.25, 0.3) is 0 Å². The zero-order chi connectivity index (χ0) is 19.2. The van der Waals surface area contributed by atoms with Crippen LogP contribution in [0.2, 0.25) is 0 Å². The number of hydrogen-bond acceptors (Lipinski definition) is 7. The first-order chi connectivity index (χ1) is 13.0. The number of aliphatic imine (C=N–C) groups is 1. The number of morpholine rings is 1. The van der Waals surface area contributed by atoms with Crippen molar-refractivity contribution in [1.82, 2.24) is 14.9 Å². The molecule has 1 aromatic heterocycles. The molecule has 3 rings (SSSR count). The number of nitrogen functional groups attached to an aromatic ring is 1. The lowest BCUT2D eigenvalue weighted by molar-refractivity contribution is 0.00313. The number of halogens is 1. The fourth-order valence-corrected chi connectivity index (χ4v) is 2.58. The van der Waals surface area contributed by atoms with Crippen molar-refractivity contribution in [3.8, 4) is 0 Å². The summed E-state index contributed by atoms with van der Waals surface area (Å²) in [6, 6.07) is 6.17. The summed E-state index contributed by atoms with van der Waals surface area (Å²) >= 11 is 0. The first-order valence-corrected chi connectivity index (χ1v) is 8.42. The van der Waals surface area contributed by atoms with Crippen LogP contribution in [0.5, 0.6) is 0 Å². The van der Waals surface area contributed by atoms with E-state index in [9.17, 15) is 9.18 Å². The number of carbonyl (C=O) groups excluding carboxylic acids is 1. The van der Waals surface area contributed by atoms with Crippen LogP contribution in [0.15, 0.2) is 35.6 Å². The maximum absolute atomic E-state index is 13.6. The average Bonchev–Trinajstić information content (AvgIpc) is 2.67. The van der Waals surface area contributed by atoms with E-state index >= 15 is 0 Å². The summed E-state index contributed by atoms with van der Waals surface area (Å²) in [5, 5.41) is 0. The van der Waals surface area contributed by atoms with Gasteiger partial charge >= 0.3 is 6.09 Å². The number of hydrogen-bond donors (Lipinski definition) is 1. The number of aromatic nitrogens is 2. The van der Waals surface area contributed by atoms with Crippen LogP contribution in [0.4, 0.5) is 20.7 Å². The Morgan fingerprint density at radius 3 is 3.07 bits per heavy atom. The first-order valence-electron chi connectivity index (χ1n) is 8.42. The Kier molecular flexibility index (Phi) is 5.92. The molecule has 8 nitrogen and oxygen atoms in total. The summed E-state index contributed by atoms with van der Waals surface area (Å²) in [5.74, 6) is -0.133. The third kappa shape index (κ3) is 4.76. The zero-order valence-electron chi connectivity index (χ0n) is 14.8. The number of ether oxygens (including phenoxy) is 2. The minimum atomic E-state index is -0.529. The lowest BCUT2D eigenvalue weighted by Gasteiger charge is -2.30. The van der Waals surface area contributed by atoms with Gasteiger partial charge in [0, 0.05) is 18.3 Å². The average molecular weight is 373 g/mol. The topological polar surface area (TPSA) is 103 Å². The van der Waals surface area contributed by atoms with Gasteiger partial charge in [0.2, 0.25) is 0 Å². The van der Waals surface area contributed by atoms with E-state index in [1.807, 2.05) is 0 Å². The normalized spacial score (nSPS) is 17.3. The van der Waals surface area contributed by atoms with Crippen LogP contribution in [0.3, 0.4) is 0 Å². The number of rotatable bonds is 4. The van der Waals surface area contributed by atoms with Crippen LogP contribution < -0.4 is 5.73 Å². The molecular formula is C18H20FN5O3. The van der Waals surface area contributed by atoms with Gasteiger partial charge in [0.15, 0.2) is 5.82 Å². The lowest BCUT2D eigenvalue weighted by atomic mass is 10.2. The zero-order valence-corrected chi connectivity index (χ0v) is 14.8. The number of aryl methyl sites for hydroxylation is 1. The Balaban J connectivity index is 1.58. The second-order valence-electron chi connectivity index (χ2n) is 5.97. The van der Waals surface area contributed by atoms with Gasteiger partial charge in [0.1, 0.15) is 30.5 Å². The number of nitrogens with two attached hydrogens (primary N) is 1. The van der Waals surface area contributed by atoms with E-state index in [4.69, 9.17) is 15.2 Å². The Labute approximate surface area is 155 Å². The molecule has 27 heavy (non-hydrogen) atoms. The molecule has 1 amide bonds. The largest absolute Gasteiger partial charge is 0.444 e. The third-order valence-corrected chi connectivity index (χ3v) is 4.06. The number of carbonyl (C=O) groups is 1. The van der Waals surface area contributed by atoms with Crippen LogP contribution in [0.25, 0.3) is 0 Å². The molecule has 0 unspecified atom stereocenters. The Bertz CT molecular complexity index is 825. The summed E-state index contributed by atoms with van der Waals surface area (Å²) in [6.07, 6.45) is 1.99. The molecule has 1 atom stereocenters. The van der Waals surface area contributed by atoms with E-state index < -0.39 is 18.0 Å². The van der Waals surface area contributed by atoms with E-state index in [1.54, 1.807) is 31.3 Å². The van der Waals surface area contributed by atoms with Gasteiger partial charge < -0.3 is 20.1 Å². The molecule has 2 aromatic rings. The molecule has 0 saturated carbocycles.